The van der Waals surface area contributed by atoms with Gasteiger partial charge in [-0.25, -0.2) is 0 Å². The number of carbonyl (C=O) groups excluding carboxylic acids is 1. The lowest BCUT2D eigenvalue weighted by Gasteiger charge is -2.17. The largest absolute Gasteiger partial charge is 0.378 e. The van der Waals surface area contributed by atoms with E-state index in [0.717, 1.165) is 33.4 Å². The summed E-state index contributed by atoms with van der Waals surface area (Å²) in [6.45, 7) is 0.520. The molecule has 0 aliphatic carbocycles. The molecule has 0 atom stereocenters. The van der Waals surface area contributed by atoms with Crippen molar-refractivity contribution in [1.82, 2.24) is 4.57 Å². The van der Waals surface area contributed by atoms with Gasteiger partial charge in [-0.05, 0) is 48.5 Å². The number of thioether (sulfide) groups is 1. The van der Waals surface area contributed by atoms with E-state index >= 15 is 0 Å². The van der Waals surface area contributed by atoms with Crippen molar-refractivity contribution >= 4 is 85.8 Å². The number of fused-ring (bicyclic) bond motifs is 1. The second kappa shape index (κ2) is 9.70. The van der Waals surface area contributed by atoms with Gasteiger partial charge >= 0.3 is 0 Å². The van der Waals surface area contributed by atoms with Crippen LogP contribution in [0.5, 0.6) is 0 Å². The van der Waals surface area contributed by atoms with Crippen molar-refractivity contribution < 1.29 is 4.79 Å². The van der Waals surface area contributed by atoms with Gasteiger partial charge in [0.15, 0.2) is 4.32 Å². The maximum Gasteiger partial charge on any atom is 0.270 e. The molecule has 2 heterocycles. The fourth-order valence-corrected chi connectivity index (χ4v) is 5.91. The van der Waals surface area contributed by atoms with E-state index in [2.05, 4.69) is 10.6 Å². The third kappa shape index (κ3) is 4.59. The third-order valence-electron chi connectivity index (χ3n) is 5.91. The minimum absolute atomic E-state index is 0.122. The molecule has 0 unspecified atom stereocenters. The summed E-state index contributed by atoms with van der Waals surface area (Å²) in [6.07, 6.45) is 3.95. The highest BCUT2D eigenvalue weighted by molar-refractivity contribution is 8.27. The van der Waals surface area contributed by atoms with Crippen LogP contribution in [0.15, 0.2) is 77.8 Å². The second-order valence-electron chi connectivity index (χ2n) is 8.36. The Morgan fingerprint density at radius 1 is 0.971 bits per heavy atom. The van der Waals surface area contributed by atoms with Gasteiger partial charge in [0.1, 0.15) is 0 Å². The van der Waals surface area contributed by atoms with Gasteiger partial charge in [-0.3, -0.25) is 9.69 Å². The molecule has 0 N–H and O–H groups in total. The third-order valence-corrected chi connectivity index (χ3v) is 7.92. The number of amides is 1. The molecule has 0 spiro atoms. The molecule has 1 saturated heterocycles. The molecule has 176 valence electrons. The maximum absolute atomic E-state index is 13.4. The summed E-state index contributed by atoms with van der Waals surface area (Å²) in [6, 6.07) is 21.4. The average Bonchev–Trinajstić information content (AvgIpc) is 3.32. The van der Waals surface area contributed by atoms with E-state index in [4.69, 9.17) is 35.4 Å². The predicted molar refractivity (Wildman–Crippen MR) is 154 cm³/mol. The molecule has 35 heavy (non-hydrogen) atoms. The number of hydrogen-bond donors (Lipinski definition) is 0. The van der Waals surface area contributed by atoms with Crippen molar-refractivity contribution in [3.63, 3.8) is 0 Å². The Labute approximate surface area is 223 Å². The highest BCUT2D eigenvalue weighted by atomic mass is 35.5. The van der Waals surface area contributed by atoms with Crippen molar-refractivity contribution in [2.24, 2.45) is 0 Å². The summed E-state index contributed by atoms with van der Waals surface area (Å²) in [5, 5.41) is 2.28. The van der Waals surface area contributed by atoms with Crippen LogP contribution in [0.3, 0.4) is 0 Å². The summed E-state index contributed by atoms with van der Waals surface area (Å²) in [4.78, 5) is 17.6. The topological polar surface area (TPSA) is 28.5 Å². The molecule has 5 rings (SSSR count). The highest BCUT2D eigenvalue weighted by Crippen LogP contribution is 2.38. The monoisotopic (exact) mass is 537 g/mol. The maximum atomic E-state index is 13.4. The molecular formula is C27H21Cl2N3OS2. The lowest BCUT2D eigenvalue weighted by Crippen LogP contribution is -2.27. The first-order valence-electron chi connectivity index (χ1n) is 10.9. The van der Waals surface area contributed by atoms with Crippen LogP contribution >= 0.6 is 47.2 Å². The molecule has 1 fully saturated rings. The molecule has 4 aromatic rings. The number of para-hydroxylation sites is 1. The molecule has 1 amide bonds. The van der Waals surface area contributed by atoms with Crippen LogP contribution in [-0.4, -0.2) is 28.9 Å². The molecular weight excluding hydrogens is 517 g/mol. The van der Waals surface area contributed by atoms with E-state index in [1.54, 1.807) is 4.90 Å². The van der Waals surface area contributed by atoms with E-state index in [1.807, 2.05) is 91.9 Å². The van der Waals surface area contributed by atoms with Gasteiger partial charge in [0, 0.05) is 58.1 Å². The minimum atomic E-state index is -0.122. The molecule has 1 aromatic heterocycles. The Kier molecular flexibility index (Phi) is 6.64. The van der Waals surface area contributed by atoms with Crippen molar-refractivity contribution in [2.45, 2.75) is 6.54 Å². The zero-order chi connectivity index (χ0) is 24.7. The van der Waals surface area contributed by atoms with Crippen LogP contribution < -0.4 is 9.80 Å². The van der Waals surface area contributed by atoms with Crippen molar-refractivity contribution in [3.8, 4) is 0 Å². The highest BCUT2D eigenvalue weighted by Gasteiger charge is 2.33. The van der Waals surface area contributed by atoms with Crippen LogP contribution in [0.1, 0.15) is 11.1 Å². The molecule has 0 radical (unpaired) electrons. The Hall–Kier alpha value is -2.77. The van der Waals surface area contributed by atoms with Crippen LogP contribution in [0.25, 0.3) is 17.0 Å². The fraction of sp³-hybridized carbons (Fsp3) is 0.111. The predicted octanol–water partition coefficient (Wildman–Crippen LogP) is 7.47. The first kappa shape index (κ1) is 23.9. The smallest absolute Gasteiger partial charge is 0.270 e. The van der Waals surface area contributed by atoms with Gasteiger partial charge in [-0.1, -0.05) is 71.4 Å². The summed E-state index contributed by atoms with van der Waals surface area (Å²) in [5.74, 6) is -0.122. The first-order valence-corrected chi connectivity index (χ1v) is 12.9. The van der Waals surface area contributed by atoms with E-state index in [-0.39, 0.29) is 5.91 Å². The molecule has 8 heteroatoms. The summed E-state index contributed by atoms with van der Waals surface area (Å²) >= 11 is 19.8. The number of hydrogen-bond acceptors (Lipinski definition) is 4. The van der Waals surface area contributed by atoms with E-state index in [0.29, 0.717) is 25.8 Å². The lowest BCUT2D eigenvalue weighted by molar-refractivity contribution is -0.113. The Bertz CT molecular complexity index is 1470. The Morgan fingerprint density at radius 3 is 2.34 bits per heavy atom. The molecule has 4 nitrogen and oxygen atoms in total. The SMILES string of the molecule is CN(C)c1ccc(N2C(=O)/C(=C/c3cn(Cc4c(Cl)cccc4Cl)c4ccccc34)SC2=S)cc1. The Morgan fingerprint density at radius 2 is 1.66 bits per heavy atom. The van der Waals surface area contributed by atoms with E-state index in [9.17, 15) is 4.79 Å². The zero-order valence-electron chi connectivity index (χ0n) is 19.0. The molecule has 0 bridgehead atoms. The number of nitrogens with zero attached hydrogens (tertiary/aromatic N) is 3. The van der Waals surface area contributed by atoms with Crippen molar-refractivity contribution in [1.29, 1.82) is 0 Å². The standard InChI is InChI=1S/C27H21Cl2N3OS2/c1-30(2)18-10-12-19(13-11-18)32-26(33)25(35-27(32)34)14-17-15-31(24-9-4-3-6-20(17)24)16-21-22(28)7-5-8-23(21)29/h3-15H,16H2,1-2H3/b25-14-. The van der Waals surface area contributed by atoms with Crippen molar-refractivity contribution in [2.75, 3.05) is 23.9 Å². The molecule has 1 aliphatic rings. The summed E-state index contributed by atoms with van der Waals surface area (Å²) < 4.78 is 2.63. The van der Waals surface area contributed by atoms with Crippen LogP contribution in [0.4, 0.5) is 11.4 Å². The van der Waals surface area contributed by atoms with E-state index < -0.39 is 0 Å². The summed E-state index contributed by atoms with van der Waals surface area (Å²) in [5.41, 5.74) is 4.64. The summed E-state index contributed by atoms with van der Waals surface area (Å²) in [7, 11) is 3.96. The van der Waals surface area contributed by atoms with Gasteiger partial charge in [0.2, 0.25) is 0 Å². The van der Waals surface area contributed by atoms with Crippen LogP contribution in [0.2, 0.25) is 10.0 Å². The van der Waals surface area contributed by atoms with Gasteiger partial charge in [-0.2, -0.15) is 0 Å². The number of aromatic nitrogens is 1. The van der Waals surface area contributed by atoms with Gasteiger partial charge < -0.3 is 9.47 Å². The average molecular weight is 539 g/mol. The molecule has 3 aromatic carbocycles. The normalized spacial score (nSPS) is 15.0. The number of rotatable bonds is 5. The molecule has 1 aliphatic heterocycles. The van der Waals surface area contributed by atoms with Crippen LogP contribution in [-0.2, 0) is 11.3 Å². The zero-order valence-corrected chi connectivity index (χ0v) is 22.2. The quantitative estimate of drug-likeness (QED) is 0.195. The lowest BCUT2D eigenvalue weighted by atomic mass is 10.1. The number of carbonyl (C=O) groups is 1. The first-order chi connectivity index (χ1) is 16.8. The second-order valence-corrected chi connectivity index (χ2v) is 10.8. The van der Waals surface area contributed by atoms with Crippen LogP contribution in [0, 0.1) is 0 Å². The van der Waals surface area contributed by atoms with E-state index in [1.165, 1.54) is 11.8 Å². The number of thiocarbonyl (C=S) groups is 1. The van der Waals surface area contributed by atoms with Crippen molar-refractivity contribution in [3.05, 3.63) is 99.0 Å². The molecule has 0 saturated carbocycles. The fourth-order valence-electron chi connectivity index (χ4n) is 4.11. The van der Waals surface area contributed by atoms with Gasteiger partial charge in [0.25, 0.3) is 5.91 Å². The number of halogens is 2. The minimum Gasteiger partial charge on any atom is -0.378 e. The van der Waals surface area contributed by atoms with Gasteiger partial charge in [0.05, 0.1) is 17.1 Å². The Balaban J connectivity index is 1.50. The number of benzene rings is 3. The van der Waals surface area contributed by atoms with Gasteiger partial charge in [-0.15, -0.1) is 0 Å². The number of anilines is 2.